The molecule has 1 heterocycles. The molecule has 6 atom stereocenters. The first-order chi connectivity index (χ1) is 22.9. The van der Waals surface area contributed by atoms with E-state index in [1.54, 1.807) is 0 Å². The number of allylic oxidation sites excluding steroid dienone is 4. The molecule has 8 nitrogen and oxygen atoms in total. The number of phenolic OH excluding ortho intramolecular Hbond substituents is 1. The number of amides is 2. The lowest BCUT2D eigenvalue weighted by Crippen LogP contribution is -2.59. The molecule has 2 fully saturated rings. The normalized spacial score (nSPS) is 28.3. The molecule has 0 unspecified atom stereocenters. The first-order valence-corrected chi connectivity index (χ1v) is 16.4. The number of Topliss-reactive ketones (excluding diaryl/α,β-unsaturated/α-hetero) is 1. The Morgan fingerprint density at radius 1 is 0.833 bits per heavy atom. The fourth-order valence-corrected chi connectivity index (χ4v) is 9.06. The molecular formula is C40H39NO7. The Balaban J connectivity index is 1.56. The summed E-state index contributed by atoms with van der Waals surface area (Å²) >= 11 is 0. The van der Waals surface area contributed by atoms with Gasteiger partial charge in [-0.2, -0.15) is 0 Å². The Labute approximate surface area is 280 Å². The SMILES string of the molecule is COc1cc(O)cc(OC)c1[C@H]1C2=CC[C@@H]3C(=O)N(C(C)(C)C)C(=O)[C@@H]3[C@@H]2C[C@H]2C(=O)C(c3ccccc3)=CC(=O)[C@@]12c1ccccc1. The third-order valence-corrected chi connectivity index (χ3v) is 10.9. The lowest BCUT2D eigenvalue weighted by molar-refractivity contribution is -0.145. The van der Waals surface area contributed by atoms with Gasteiger partial charge in [-0.1, -0.05) is 72.3 Å². The number of phenols is 1. The maximum atomic E-state index is 15.2. The Morgan fingerprint density at radius 3 is 2.02 bits per heavy atom. The number of carbonyl (C=O) groups excluding carboxylic acids is 4. The lowest BCUT2D eigenvalue weighted by Gasteiger charge is -2.55. The van der Waals surface area contributed by atoms with E-state index >= 15 is 9.59 Å². The molecule has 3 aromatic carbocycles. The highest BCUT2D eigenvalue weighted by molar-refractivity contribution is 6.31. The first-order valence-electron chi connectivity index (χ1n) is 16.4. The minimum absolute atomic E-state index is 0.0856. The summed E-state index contributed by atoms with van der Waals surface area (Å²) in [4.78, 5) is 59.9. The molecule has 8 heteroatoms. The molecular weight excluding hydrogens is 606 g/mol. The summed E-state index contributed by atoms with van der Waals surface area (Å²) in [5.41, 5.74) is 0.755. The summed E-state index contributed by atoms with van der Waals surface area (Å²) in [6.45, 7) is 5.56. The van der Waals surface area contributed by atoms with Crippen LogP contribution in [0.15, 0.2) is 90.5 Å². The molecule has 4 aliphatic rings. The van der Waals surface area contributed by atoms with Gasteiger partial charge in [0.05, 0.1) is 31.5 Å². The van der Waals surface area contributed by atoms with Gasteiger partial charge in [-0.25, -0.2) is 0 Å². The number of nitrogens with zero attached hydrogens (tertiary/aromatic N) is 1. The second kappa shape index (κ2) is 11.3. The van der Waals surface area contributed by atoms with E-state index < -0.39 is 40.5 Å². The van der Waals surface area contributed by atoms with E-state index in [1.807, 2.05) is 87.5 Å². The van der Waals surface area contributed by atoms with Gasteiger partial charge in [0, 0.05) is 40.6 Å². The Morgan fingerprint density at radius 2 is 1.44 bits per heavy atom. The van der Waals surface area contributed by atoms with Crippen molar-refractivity contribution < 1.29 is 33.8 Å². The molecule has 3 aromatic rings. The van der Waals surface area contributed by atoms with Gasteiger partial charge in [0.25, 0.3) is 0 Å². The van der Waals surface area contributed by atoms with Crippen LogP contribution in [0.1, 0.15) is 56.2 Å². The number of fused-ring (bicyclic) bond motifs is 4. The maximum absolute atomic E-state index is 15.2. The maximum Gasteiger partial charge on any atom is 0.234 e. The fraction of sp³-hybridized carbons (Fsp3) is 0.350. The molecule has 48 heavy (non-hydrogen) atoms. The standard InChI is InChI=1S/C40H39NO7/c1-39(2,3)41-37(45)26-17-16-25-28(33(26)38(41)46)20-29-36(44)27(22-12-8-6-9-13-22)21-32(43)40(29,23-14-10-7-11-15-23)35(25)34-30(47-4)18-24(42)19-31(34)48-5/h6-16,18-19,21,26,28-29,33,35,42H,17,20H2,1-5H3/t26-,28+,29-,33-,35+,40-/m0/s1. The average Bonchev–Trinajstić information content (AvgIpc) is 3.35. The van der Waals surface area contributed by atoms with Crippen LogP contribution in [0.2, 0.25) is 0 Å². The van der Waals surface area contributed by atoms with Crippen LogP contribution in [0.5, 0.6) is 17.2 Å². The number of hydrogen-bond donors (Lipinski definition) is 1. The van der Waals surface area contributed by atoms with E-state index in [-0.39, 0.29) is 47.1 Å². The van der Waals surface area contributed by atoms with Crippen molar-refractivity contribution in [2.45, 2.75) is 50.5 Å². The van der Waals surface area contributed by atoms with E-state index in [2.05, 4.69) is 0 Å². The molecule has 2 amide bonds. The summed E-state index contributed by atoms with van der Waals surface area (Å²) in [6, 6.07) is 21.5. The summed E-state index contributed by atoms with van der Waals surface area (Å²) < 4.78 is 11.8. The number of ether oxygens (including phenoxy) is 2. The van der Waals surface area contributed by atoms with E-state index in [0.29, 0.717) is 28.7 Å². The van der Waals surface area contributed by atoms with Crippen molar-refractivity contribution in [2.75, 3.05) is 14.2 Å². The molecule has 0 radical (unpaired) electrons. The average molecular weight is 646 g/mol. The zero-order chi connectivity index (χ0) is 34.1. The Bertz CT molecular complexity index is 1880. The van der Waals surface area contributed by atoms with Gasteiger partial charge in [-0.05, 0) is 56.7 Å². The molecule has 1 aliphatic heterocycles. The highest BCUT2D eigenvalue weighted by Gasteiger charge is 2.67. The van der Waals surface area contributed by atoms with Crippen LogP contribution in [-0.2, 0) is 24.6 Å². The lowest BCUT2D eigenvalue weighted by atomic mass is 9.44. The second-order valence-corrected chi connectivity index (χ2v) is 14.2. The fourth-order valence-electron chi connectivity index (χ4n) is 9.06. The van der Waals surface area contributed by atoms with Crippen LogP contribution in [0.3, 0.4) is 0 Å². The number of likely N-dealkylation sites (tertiary alicyclic amines) is 1. The van der Waals surface area contributed by atoms with Crippen molar-refractivity contribution in [3.8, 4) is 17.2 Å². The van der Waals surface area contributed by atoms with Crippen molar-refractivity contribution in [1.82, 2.24) is 4.90 Å². The third kappa shape index (κ3) is 4.41. The van der Waals surface area contributed by atoms with Gasteiger partial charge in [0.15, 0.2) is 11.6 Å². The number of methoxy groups -OCH3 is 2. The van der Waals surface area contributed by atoms with Crippen LogP contribution < -0.4 is 9.47 Å². The first kappa shape index (κ1) is 31.6. The highest BCUT2D eigenvalue weighted by atomic mass is 16.5. The Hall–Kier alpha value is -4.98. The van der Waals surface area contributed by atoms with Gasteiger partial charge in [-0.15, -0.1) is 0 Å². The monoisotopic (exact) mass is 645 g/mol. The van der Waals surface area contributed by atoms with Gasteiger partial charge >= 0.3 is 0 Å². The van der Waals surface area contributed by atoms with Crippen molar-refractivity contribution in [3.63, 3.8) is 0 Å². The molecule has 0 bridgehead atoms. The predicted octanol–water partition coefficient (Wildman–Crippen LogP) is 6.03. The molecule has 7 rings (SSSR count). The number of rotatable bonds is 5. The number of benzene rings is 3. The van der Waals surface area contributed by atoms with E-state index in [0.717, 1.165) is 5.57 Å². The molecule has 1 saturated heterocycles. The van der Waals surface area contributed by atoms with E-state index in [4.69, 9.17) is 9.47 Å². The summed E-state index contributed by atoms with van der Waals surface area (Å²) in [5.74, 6) is -3.92. The smallest absolute Gasteiger partial charge is 0.234 e. The van der Waals surface area contributed by atoms with E-state index in [1.165, 1.54) is 37.3 Å². The third-order valence-electron chi connectivity index (χ3n) is 10.9. The molecule has 246 valence electrons. The van der Waals surface area contributed by atoms with Gasteiger partial charge in [0.2, 0.25) is 11.8 Å². The quantitative estimate of drug-likeness (QED) is 0.267. The minimum atomic E-state index is -1.45. The van der Waals surface area contributed by atoms with Crippen LogP contribution in [0.4, 0.5) is 0 Å². The minimum Gasteiger partial charge on any atom is -0.508 e. The number of aromatic hydroxyl groups is 1. The van der Waals surface area contributed by atoms with Crippen molar-refractivity contribution in [2.24, 2.45) is 23.7 Å². The molecule has 1 N–H and O–H groups in total. The van der Waals surface area contributed by atoms with Gasteiger partial charge < -0.3 is 14.6 Å². The number of ketones is 2. The number of carbonyl (C=O) groups is 4. The van der Waals surface area contributed by atoms with Crippen LogP contribution in [0.25, 0.3) is 5.57 Å². The molecule has 1 saturated carbocycles. The van der Waals surface area contributed by atoms with Crippen molar-refractivity contribution in [1.29, 1.82) is 0 Å². The van der Waals surface area contributed by atoms with Crippen LogP contribution >= 0.6 is 0 Å². The van der Waals surface area contributed by atoms with E-state index in [9.17, 15) is 14.7 Å². The Kier molecular flexibility index (Phi) is 7.46. The van der Waals surface area contributed by atoms with Gasteiger partial charge in [-0.3, -0.25) is 24.1 Å². The zero-order valence-corrected chi connectivity index (χ0v) is 27.7. The van der Waals surface area contributed by atoms with Crippen LogP contribution in [-0.4, -0.2) is 53.1 Å². The topological polar surface area (TPSA) is 110 Å². The summed E-state index contributed by atoms with van der Waals surface area (Å²) in [7, 11) is 2.97. The summed E-state index contributed by atoms with van der Waals surface area (Å²) in [5, 5.41) is 10.7. The number of imide groups is 1. The zero-order valence-electron chi connectivity index (χ0n) is 27.7. The molecule has 0 spiro atoms. The number of hydrogen-bond acceptors (Lipinski definition) is 7. The van der Waals surface area contributed by atoms with Gasteiger partial charge in [0.1, 0.15) is 17.2 Å². The van der Waals surface area contributed by atoms with Crippen molar-refractivity contribution in [3.05, 3.63) is 107 Å². The largest absolute Gasteiger partial charge is 0.508 e. The molecule has 3 aliphatic carbocycles. The highest BCUT2D eigenvalue weighted by Crippen LogP contribution is 2.65. The van der Waals surface area contributed by atoms with Crippen LogP contribution in [0, 0.1) is 23.7 Å². The second-order valence-electron chi connectivity index (χ2n) is 14.2. The molecule has 0 aromatic heterocycles. The predicted molar refractivity (Wildman–Crippen MR) is 179 cm³/mol. The van der Waals surface area contributed by atoms with Crippen molar-refractivity contribution >= 4 is 29.0 Å². The summed E-state index contributed by atoms with van der Waals surface area (Å²) in [6.07, 6.45) is 4.00.